The van der Waals surface area contributed by atoms with E-state index in [1.807, 2.05) is 0 Å². The third-order valence-electron chi connectivity index (χ3n) is 8.40. The molecule has 244 valence electrons. The largest absolute Gasteiger partial charge is 1.00 e. The summed E-state index contributed by atoms with van der Waals surface area (Å²) in [5.74, 6) is 0. The van der Waals surface area contributed by atoms with E-state index in [1.54, 1.807) is 0 Å². The van der Waals surface area contributed by atoms with Crippen LogP contribution in [0.3, 0.4) is 0 Å². The number of rotatable bonds is 15. The summed E-state index contributed by atoms with van der Waals surface area (Å²) in [7, 11) is -0.0343. The number of hydrogen-bond donors (Lipinski definition) is 0. The lowest BCUT2D eigenvalue weighted by Gasteiger charge is -2.16. The van der Waals surface area contributed by atoms with E-state index in [2.05, 4.69) is 135 Å². The Bertz CT molecular complexity index is 1050. The summed E-state index contributed by atoms with van der Waals surface area (Å²) in [4.78, 5) is 4.34. The highest BCUT2D eigenvalue weighted by Gasteiger charge is 2.28. The predicted octanol–water partition coefficient (Wildman–Crippen LogP) is 7.00. The highest BCUT2D eigenvalue weighted by atomic mass is 35.5. The monoisotopic (exact) mass is 682 g/mol. The van der Waals surface area contributed by atoms with E-state index in [4.69, 9.17) is 0 Å². The lowest BCUT2D eigenvalue weighted by Crippen LogP contribution is -3.00. The summed E-state index contributed by atoms with van der Waals surface area (Å²) in [5.41, 5.74) is 4.50. The van der Waals surface area contributed by atoms with E-state index < -0.39 is 0 Å². The second kappa shape index (κ2) is 18.3. The molecule has 3 aromatic rings. The van der Waals surface area contributed by atoms with Gasteiger partial charge in [0.2, 0.25) is 0 Å². The van der Waals surface area contributed by atoms with Crippen molar-refractivity contribution in [3.05, 3.63) is 89.5 Å². The quantitative estimate of drug-likeness (QED) is 0.0920. The summed E-state index contributed by atoms with van der Waals surface area (Å²) in [6, 6.07) is 33.4. The van der Waals surface area contributed by atoms with Gasteiger partial charge in [-0.3, -0.25) is 0 Å². The minimum absolute atomic E-state index is 0. The van der Waals surface area contributed by atoms with Crippen molar-refractivity contribution in [2.24, 2.45) is 0 Å². The molecule has 44 heavy (non-hydrogen) atoms. The Labute approximate surface area is 288 Å². The van der Waals surface area contributed by atoms with Crippen molar-refractivity contribution in [2.75, 3.05) is 0 Å². The highest BCUT2D eigenvalue weighted by Crippen LogP contribution is 2.33. The molecule has 0 fully saturated rings. The molecule has 3 rings (SSSR count). The Hall–Kier alpha value is -1.05. The van der Waals surface area contributed by atoms with Gasteiger partial charge in [0.05, 0.1) is 10.9 Å². The SMILES string of the molecule is CC(C)(C)[SiH2]CCCc1ccc([S+](c2ccc(CCC[SiH2]C(C)(C)C)cc2)c2ccc(CCC[SiH2]C(C)(C)C)cc2)cc1.[Cl-]. The first-order valence-corrected chi connectivity index (χ1v) is 23.5. The lowest BCUT2D eigenvalue weighted by atomic mass is 10.1. The van der Waals surface area contributed by atoms with Crippen LogP contribution in [0.4, 0.5) is 0 Å². The second-order valence-corrected chi connectivity index (χ2v) is 28.6. The number of benzene rings is 3. The molecule has 0 radical (unpaired) electrons. The van der Waals surface area contributed by atoms with Gasteiger partial charge >= 0.3 is 0 Å². The van der Waals surface area contributed by atoms with Crippen LogP contribution >= 0.6 is 0 Å². The van der Waals surface area contributed by atoms with Gasteiger partial charge in [0.1, 0.15) is 0 Å². The average Bonchev–Trinajstić information content (AvgIpc) is 2.92. The third kappa shape index (κ3) is 15.5. The number of halogens is 1. The van der Waals surface area contributed by atoms with Gasteiger partial charge in [0, 0.05) is 28.6 Å². The van der Waals surface area contributed by atoms with Crippen LogP contribution in [0.15, 0.2) is 87.5 Å². The highest BCUT2D eigenvalue weighted by molar-refractivity contribution is 7.97. The van der Waals surface area contributed by atoms with Crippen LogP contribution in [0, 0.1) is 0 Å². The van der Waals surface area contributed by atoms with Gasteiger partial charge in [-0.25, -0.2) is 0 Å². The van der Waals surface area contributed by atoms with E-state index in [0.717, 1.165) is 0 Å². The van der Waals surface area contributed by atoms with Gasteiger partial charge in [-0.05, 0) is 87.5 Å². The first kappa shape index (κ1) is 39.1. The Morgan fingerprint density at radius 3 is 0.841 bits per heavy atom. The third-order valence-corrected chi connectivity index (χ3v) is 17.7. The Balaban J connectivity index is 0.00000675. The first-order chi connectivity index (χ1) is 20.2. The molecular formula is C39H63ClSSi3. The maximum Gasteiger partial charge on any atom is 0.166 e. The van der Waals surface area contributed by atoms with Gasteiger partial charge in [0.25, 0.3) is 0 Å². The normalized spacial score (nSPS) is 13.8. The molecule has 0 bridgehead atoms. The molecule has 0 amide bonds. The van der Waals surface area contributed by atoms with Crippen molar-refractivity contribution in [1.82, 2.24) is 0 Å². The summed E-state index contributed by atoms with van der Waals surface area (Å²) < 4.78 is 0. The fourth-order valence-corrected chi connectivity index (χ4v) is 12.5. The number of hydrogen-bond acceptors (Lipinski definition) is 0. The van der Waals surface area contributed by atoms with E-state index in [1.165, 1.54) is 88.0 Å². The van der Waals surface area contributed by atoms with Crippen molar-refractivity contribution in [2.45, 2.75) is 149 Å². The molecular weight excluding hydrogens is 620 g/mol. The van der Waals surface area contributed by atoms with Crippen LogP contribution in [0.25, 0.3) is 0 Å². The zero-order valence-electron chi connectivity index (χ0n) is 29.7. The Morgan fingerprint density at radius 2 is 0.636 bits per heavy atom. The predicted molar refractivity (Wildman–Crippen MR) is 206 cm³/mol. The van der Waals surface area contributed by atoms with Gasteiger partial charge in [-0.15, -0.1) is 0 Å². The molecule has 0 unspecified atom stereocenters. The molecule has 3 aromatic carbocycles. The maximum atomic E-state index is 2.43. The molecule has 0 aliphatic heterocycles. The first-order valence-electron chi connectivity index (χ1n) is 17.2. The maximum absolute atomic E-state index is 2.43. The van der Waals surface area contributed by atoms with Gasteiger partial charge in [-0.1, -0.05) is 136 Å². The molecule has 0 aliphatic carbocycles. The molecule has 0 N–H and O–H groups in total. The van der Waals surface area contributed by atoms with Crippen LogP contribution in [0.2, 0.25) is 33.2 Å². The molecule has 0 aliphatic rings. The summed E-state index contributed by atoms with van der Waals surface area (Å²) in [6.07, 6.45) is 7.68. The fourth-order valence-electron chi connectivity index (χ4n) is 5.74. The minimum atomic E-state index is -0.0762. The van der Waals surface area contributed by atoms with Crippen LogP contribution in [-0.4, -0.2) is 28.6 Å². The molecule has 0 heterocycles. The molecule has 0 atom stereocenters. The molecule has 5 heteroatoms. The Kier molecular flexibility index (Phi) is 16.3. The molecule has 0 aromatic heterocycles. The van der Waals surface area contributed by atoms with E-state index in [9.17, 15) is 0 Å². The van der Waals surface area contributed by atoms with Crippen molar-refractivity contribution < 1.29 is 12.4 Å². The van der Waals surface area contributed by atoms with E-state index in [0.29, 0.717) is 15.1 Å². The summed E-state index contributed by atoms with van der Waals surface area (Å²) in [5, 5.41) is 1.73. The van der Waals surface area contributed by atoms with Crippen molar-refractivity contribution in [3.8, 4) is 0 Å². The summed E-state index contributed by atoms with van der Waals surface area (Å²) in [6.45, 7) is 21.7. The van der Waals surface area contributed by atoms with Crippen LogP contribution in [0.5, 0.6) is 0 Å². The lowest BCUT2D eigenvalue weighted by molar-refractivity contribution is -0.00000986. The smallest absolute Gasteiger partial charge is 0.166 e. The van der Waals surface area contributed by atoms with Gasteiger partial charge in [0.15, 0.2) is 14.7 Å². The average molecular weight is 684 g/mol. The molecule has 0 nitrogen and oxygen atoms in total. The molecule has 0 saturated heterocycles. The van der Waals surface area contributed by atoms with Crippen molar-refractivity contribution in [1.29, 1.82) is 0 Å². The van der Waals surface area contributed by atoms with Crippen LogP contribution in [-0.2, 0) is 30.2 Å². The van der Waals surface area contributed by atoms with Gasteiger partial charge < -0.3 is 12.4 Å². The fraction of sp³-hybridized carbons (Fsp3) is 0.538. The minimum Gasteiger partial charge on any atom is -1.00 e. The topological polar surface area (TPSA) is 0 Å². The standard InChI is InChI=1S/C39H63SSi3.ClH/c1-37(2,3)41-28-10-13-31-16-22-34(23-17-31)40(35-24-18-32(19-25-35)14-11-29-42-38(4,5)6)36-26-20-33(21-27-36)15-12-30-43-39(7,8)9;/h16-27H,10-15,28-30,41-43H2,1-9H3;1H/q+1;/p-1. The van der Waals surface area contributed by atoms with Crippen molar-refractivity contribution >= 4 is 39.5 Å². The van der Waals surface area contributed by atoms with Crippen LogP contribution < -0.4 is 12.4 Å². The van der Waals surface area contributed by atoms with E-state index in [-0.39, 0.29) is 51.9 Å². The molecule has 0 spiro atoms. The van der Waals surface area contributed by atoms with Gasteiger partial charge in [-0.2, -0.15) is 0 Å². The Morgan fingerprint density at radius 1 is 0.409 bits per heavy atom. The summed E-state index contributed by atoms with van der Waals surface area (Å²) >= 11 is 0. The van der Waals surface area contributed by atoms with Crippen LogP contribution in [0.1, 0.15) is 98.3 Å². The van der Waals surface area contributed by atoms with E-state index >= 15 is 0 Å². The zero-order valence-corrected chi connectivity index (χ0v) is 35.5. The molecule has 0 saturated carbocycles. The zero-order chi connectivity index (χ0) is 31.5. The number of aryl methyl sites for hydroxylation is 3. The van der Waals surface area contributed by atoms with Crippen molar-refractivity contribution in [3.63, 3.8) is 0 Å². The second-order valence-electron chi connectivity index (χ2n) is 16.5.